The fraction of sp³-hybridized carbons (Fsp3) is 0.600. The first-order valence-corrected chi connectivity index (χ1v) is 5.03. The molecule has 0 amide bonds. The summed E-state index contributed by atoms with van der Waals surface area (Å²) in [5, 5.41) is 12.7. The first-order chi connectivity index (χ1) is 7.25. The second-order valence-corrected chi connectivity index (χ2v) is 3.69. The highest BCUT2D eigenvalue weighted by Gasteiger charge is 2.25. The number of ether oxygens (including phenoxy) is 1. The van der Waals surface area contributed by atoms with Gasteiger partial charge in [-0.05, 0) is 13.0 Å². The average Bonchev–Trinajstić information content (AvgIpc) is 2.61. The van der Waals surface area contributed by atoms with Gasteiger partial charge in [0.05, 0.1) is 31.1 Å². The molecule has 1 fully saturated rings. The van der Waals surface area contributed by atoms with E-state index in [1.54, 1.807) is 6.20 Å². The molecule has 82 valence electrons. The maximum absolute atomic E-state index is 9.50. The minimum Gasteiger partial charge on any atom is -0.389 e. The number of aliphatic hydroxyl groups is 1. The summed E-state index contributed by atoms with van der Waals surface area (Å²) in [6, 6.07) is 1.88. The van der Waals surface area contributed by atoms with E-state index in [4.69, 9.17) is 4.74 Å². The number of hydrogen-bond acceptors (Lipinski definition) is 5. The van der Waals surface area contributed by atoms with Crippen LogP contribution < -0.4 is 5.32 Å². The molecule has 2 rings (SSSR count). The summed E-state index contributed by atoms with van der Waals surface area (Å²) >= 11 is 0. The van der Waals surface area contributed by atoms with Crippen molar-refractivity contribution < 1.29 is 9.84 Å². The topological polar surface area (TPSA) is 67.3 Å². The lowest BCUT2D eigenvalue weighted by Gasteiger charge is -2.13. The van der Waals surface area contributed by atoms with E-state index in [9.17, 15) is 5.11 Å². The van der Waals surface area contributed by atoms with E-state index >= 15 is 0 Å². The van der Waals surface area contributed by atoms with Crippen LogP contribution in [0.1, 0.15) is 11.5 Å². The number of nitrogens with zero attached hydrogens (tertiary/aromatic N) is 2. The Balaban J connectivity index is 1.87. The minimum absolute atomic E-state index is 0.0141. The summed E-state index contributed by atoms with van der Waals surface area (Å²) in [6.07, 6.45) is 1.33. The zero-order valence-corrected chi connectivity index (χ0v) is 8.68. The maximum atomic E-state index is 9.50. The van der Waals surface area contributed by atoms with Crippen LogP contribution in [0.3, 0.4) is 0 Å². The van der Waals surface area contributed by atoms with Crippen molar-refractivity contribution >= 4 is 0 Å². The smallest absolute Gasteiger partial charge is 0.125 e. The Kier molecular flexibility index (Phi) is 3.25. The van der Waals surface area contributed by atoms with Crippen molar-refractivity contribution in [2.75, 3.05) is 13.2 Å². The lowest BCUT2D eigenvalue weighted by molar-refractivity contribution is 0.122. The highest BCUT2D eigenvalue weighted by Crippen LogP contribution is 2.05. The van der Waals surface area contributed by atoms with Crippen molar-refractivity contribution in [1.82, 2.24) is 15.3 Å². The summed E-state index contributed by atoms with van der Waals surface area (Å²) < 4.78 is 5.14. The van der Waals surface area contributed by atoms with Gasteiger partial charge in [0.15, 0.2) is 0 Å². The first kappa shape index (κ1) is 10.5. The van der Waals surface area contributed by atoms with Gasteiger partial charge in [-0.25, -0.2) is 9.97 Å². The third-order valence-corrected chi connectivity index (χ3v) is 2.43. The number of hydrogen-bond donors (Lipinski definition) is 2. The Labute approximate surface area is 88.5 Å². The van der Waals surface area contributed by atoms with Gasteiger partial charge in [-0.1, -0.05) is 0 Å². The van der Waals surface area contributed by atoms with E-state index in [1.807, 2.05) is 13.0 Å². The molecule has 2 atom stereocenters. The maximum Gasteiger partial charge on any atom is 0.125 e. The van der Waals surface area contributed by atoms with Crippen LogP contribution in [0.25, 0.3) is 0 Å². The number of nitrogens with one attached hydrogen (secondary N) is 1. The summed E-state index contributed by atoms with van der Waals surface area (Å²) in [5.41, 5.74) is 0.932. The standard InChI is InChI=1S/C10H15N3O2/c1-7-11-3-2-8(13-7)4-12-9-5-15-6-10(9)14/h2-3,9-10,12,14H,4-6H2,1H3. The predicted octanol–water partition coefficient (Wildman–Crippen LogP) is -0.366. The van der Waals surface area contributed by atoms with Crippen LogP contribution >= 0.6 is 0 Å². The lowest BCUT2D eigenvalue weighted by atomic mass is 10.2. The molecule has 1 saturated heterocycles. The second-order valence-electron chi connectivity index (χ2n) is 3.69. The summed E-state index contributed by atoms with van der Waals surface area (Å²) in [6.45, 7) is 3.47. The number of aromatic nitrogens is 2. The number of rotatable bonds is 3. The molecule has 0 aliphatic carbocycles. The molecule has 0 aromatic carbocycles. The van der Waals surface area contributed by atoms with Crippen LogP contribution in [0.2, 0.25) is 0 Å². The third-order valence-electron chi connectivity index (χ3n) is 2.43. The average molecular weight is 209 g/mol. The van der Waals surface area contributed by atoms with Crippen molar-refractivity contribution in [1.29, 1.82) is 0 Å². The Bertz CT molecular complexity index is 332. The molecule has 0 bridgehead atoms. The van der Waals surface area contributed by atoms with Crippen molar-refractivity contribution in [3.05, 3.63) is 23.8 Å². The fourth-order valence-corrected chi connectivity index (χ4v) is 1.58. The van der Waals surface area contributed by atoms with E-state index in [2.05, 4.69) is 15.3 Å². The van der Waals surface area contributed by atoms with Crippen LogP contribution in [-0.2, 0) is 11.3 Å². The van der Waals surface area contributed by atoms with Crippen LogP contribution in [0.15, 0.2) is 12.3 Å². The van der Waals surface area contributed by atoms with E-state index in [-0.39, 0.29) is 6.04 Å². The summed E-state index contributed by atoms with van der Waals surface area (Å²) in [4.78, 5) is 8.28. The highest BCUT2D eigenvalue weighted by molar-refractivity contribution is 5.01. The van der Waals surface area contributed by atoms with Crippen LogP contribution in [0, 0.1) is 6.92 Å². The molecule has 1 aliphatic rings. The quantitative estimate of drug-likeness (QED) is 0.711. The monoisotopic (exact) mass is 209 g/mol. The van der Waals surface area contributed by atoms with E-state index in [0.29, 0.717) is 19.8 Å². The van der Waals surface area contributed by atoms with Gasteiger partial charge in [0.2, 0.25) is 0 Å². The van der Waals surface area contributed by atoms with Gasteiger partial charge >= 0.3 is 0 Å². The molecule has 1 aromatic rings. The largest absolute Gasteiger partial charge is 0.389 e. The summed E-state index contributed by atoms with van der Waals surface area (Å²) in [7, 11) is 0. The summed E-state index contributed by atoms with van der Waals surface area (Å²) in [5.74, 6) is 0.762. The van der Waals surface area contributed by atoms with Crippen molar-refractivity contribution in [2.45, 2.75) is 25.6 Å². The molecule has 15 heavy (non-hydrogen) atoms. The molecule has 2 N–H and O–H groups in total. The van der Waals surface area contributed by atoms with Gasteiger partial charge in [-0.3, -0.25) is 0 Å². The van der Waals surface area contributed by atoms with Crippen LogP contribution in [0.4, 0.5) is 0 Å². The third kappa shape index (κ3) is 2.71. The molecular formula is C10H15N3O2. The Morgan fingerprint density at radius 2 is 2.47 bits per heavy atom. The molecule has 2 unspecified atom stereocenters. The van der Waals surface area contributed by atoms with Gasteiger partial charge in [0, 0.05) is 12.7 Å². The van der Waals surface area contributed by atoms with Gasteiger partial charge in [-0.15, -0.1) is 0 Å². The van der Waals surface area contributed by atoms with Gasteiger partial charge in [-0.2, -0.15) is 0 Å². The van der Waals surface area contributed by atoms with E-state index < -0.39 is 6.10 Å². The molecule has 1 aliphatic heterocycles. The fourth-order valence-electron chi connectivity index (χ4n) is 1.58. The van der Waals surface area contributed by atoms with Crippen molar-refractivity contribution in [2.24, 2.45) is 0 Å². The van der Waals surface area contributed by atoms with Gasteiger partial charge in [0.1, 0.15) is 5.82 Å². The molecule has 2 heterocycles. The van der Waals surface area contributed by atoms with Gasteiger partial charge in [0.25, 0.3) is 0 Å². The molecular weight excluding hydrogens is 194 g/mol. The minimum atomic E-state index is -0.409. The Morgan fingerprint density at radius 1 is 1.60 bits per heavy atom. The number of aliphatic hydroxyl groups excluding tert-OH is 1. The Morgan fingerprint density at radius 3 is 3.13 bits per heavy atom. The van der Waals surface area contributed by atoms with Crippen molar-refractivity contribution in [3.63, 3.8) is 0 Å². The molecule has 1 aromatic heterocycles. The number of aryl methyl sites for hydroxylation is 1. The van der Waals surface area contributed by atoms with E-state index in [1.165, 1.54) is 0 Å². The molecule has 5 heteroatoms. The normalized spacial score (nSPS) is 25.7. The van der Waals surface area contributed by atoms with E-state index in [0.717, 1.165) is 11.5 Å². The molecule has 5 nitrogen and oxygen atoms in total. The van der Waals surface area contributed by atoms with Crippen molar-refractivity contribution in [3.8, 4) is 0 Å². The zero-order valence-electron chi connectivity index (χ0n) is 8.68. The lowest BCUT2D eigenvalue weighted by Crippen LogP contribution is -2.38. The molecule has 0 saturated carbocycles. The highest BCUT2D eigenvalue weighted by atomic mass is 16.5. The zero-order chi connectivity index (χ0) is 10.7. The first-order valence-electron chi connectivity index (χ1n) is 5.03. The van der Waals surface area contributed by atoms with Gasteiger partial charge < -0.3 is 15.2 Å². The Hall–Kier alpha value is -1.04. The predicted molar refractivity (Wildman–Crippen MR) is 54.2 cm³/mol. The molecule has 0 radical (unpaired) electrons. The van der Waals surface area contributed by atoms with Crippen LogP contribution in [0.5, 0.6) is 0 Å². The van der Waals surface area contributed by atoms with Crippen LogP contribution in [-0.4, -0.2) is 40.4 Å². The molecule has 0 spiro atoms. The second kappa shape index (κ2) is 4.65. The SMILES string of the molecule is Cc1nccc(CNC2COCC2O)n1.